The van der Waals surface area contributed by atoms with Crippen LogP contribution in [-0.2, 0) is 0 Å². The molecule has 0 aromatic heterocycles. The van der Waals surface area contributed by atoms with Gasteiger partial charge >= 0.3 is 0 Å². The van der Waals surface area contributed by atoms with Crippen LogP contribution < -0.4 is 5.32 Å². The molecule has 0 radical (unpaired) electrons. The molecule has 0 bridgehead atoms. The molecular formula is C8H15F2N. The fourth-order valence-corrected chi connectivity index (χ4v) is 1.41. The lowest BCUT2D eigenvalue weighted by molar-refractivity contribution is -0.0338. The van der Waals surface area contributed by atoms with Crippen LogP contribution in [0.2, 0.25) is 0 Å². The first-order valence-electron chi connectivity index (χ1n) is 4.12. The average molecular weight is 163 g/mol. The van der Waals surface area contributed by atoms with Crippen LogP contribution in [0, 0.1) is 5.92 Å². The maximum Gasteiger partial charge on any atom is 0.260 e. The molecule has 1 atom stereocenters. The maximum absolute atomic E-state index is 12.6. The van der Waals surface area contributed by atoms with Crippen molar-refractivity contribution >= 4 is 0 Å². The summed E-state index contributed by atoms with van der Waals surface area (Å²) in [5.41, 5.74) is 0. The van der Waals surface area contributed by atoms with E-state index in [1.54, 1.807) is 0 Å². The molecule has 0 amide bonds. The van der Waals surface area contributed by atoms with Crippen LogP contribution in [0.5, 0.6) is 0 Å². The van der Waals surface area contributed by atoms with Crippen LogP contribution in [0.1, 0.15) is 26.7 Å². The van der Waals surface area contributed by atoms with Crippen molar-refractivity contribution in [3.63, 3.8) is 0 Å². The zero-order valence-electron chi connectivity index (χ0n) is 7.03. The molecule has 0 aromatic carbocycles. The molecule has 0 saturated carbocycles. The van der Waals surface area contributed by atoms with Gasteiger partial charge in [0.2, 0.25) is 0 Å². The molecule has 1 heterocycles. The molecule has 11 heavy (non-hydrogen) atoms. The molecule has 1 fully saturated rings. The van der Waals surface area contributed by atoms with Gasteiger partial charge in [0.05, 0.1) is 6.54 Å². The molecule has 0 spiro atoms. The standard InChI is InChI=1S/C8H15F2N/c1-6(2)7-3-4-8(9,10)5-11-7/h6-7,11H,3-5H2,1-2H3. The molecule has 1 N–H and O–H groups in total. The minimum atomic E-state index is -2.47. The monoisotopic (exact) mass is 163 g/mol. The van der Waals surface area contributed by atoms with Crippen molar-refractivity contribution in [3.05, 3.63) is 0 Å². The van der Waals surface area contributed by atoms with Gasteiger partial charge in [-0.05, 0) is 12.3 Å². The first-order valence-corrected chi connectivity index (χ1v) is 4.12. The Balaban J connectivity index is 2.36. The predicted molar refractivity (Wildman–Crippen MR) is 40.8 cm³/mol. The molecule has 1 rings (SSSR count). The van der Waals surface area contributed by atoms with Crippen molar-refractivity contribution in [2.24, 2.45) is 5.92 Å². The summed E-state index contributed by atoms with van der Waals surface area (Å²) in [7, 11) is 0. The van der Waals surface area contributed by atoms with Crippen molar-refractivity contribution < 1.29 is 8.78 Å². The third-order valence-electron chi connectivity index (χ3n) is 2.25. The Morgan fingerprint density at radius 3 is 2.45 bits per heavy atom. The second kappa shape index (κ2) is 3.05. The highest BCUT2D eigenvalue weighted by atomic mass is 19.3. The van der Waals surface area contributed by atoms with Crippen molar-refractivity contribution in [1.29, 1.82) is 0 Å². The highest BCUT2D eigenvalue weighted by molar-refractivity contribution is 4.83. The van der Waals surface area contributed by atoms with E-state index < -0.39 is 5.92 Å². The van der Waals surface area contributed by atoms with Gasteiger partial charge in [0, 0.05) is 12.5 Å². The van der Waals surface area contributed by atoms with E-state index in [0.29, 0.717) is 12.3 Å². The predicted octanol–water partition coefficient (Wildman–Crippen LogP) is 2.03. The molecule has 1 unspecified atom stereocenters. The van der Waals surface area contributed by atoms with Gasteiger partial charge in [-0.1, -0.05) is 13.8 Å². The number of halogens is 2. The molecule has 66 valence electrons. The van der Waals surface area contributed by atoms with E-state index in [1.165, 1.54) is 0 Å². The van der Waals surface area contributed by atoms with E-state index in [9.17, 15) is 8.78 Å². The quantitative estimate of drug-likeness (QED) is 0.623. The summed E-state index contributed by atoms with van der Waals surface area (Å²) in [4.78, 5) is 0. The van der Waals surface area contributed by atoms with Gasteiger partial charge in [0.15, 0.2) is 0 Å². The molecule has 1 aliphatic rings. The van der Waals surface area contributed by atoms with Gasteiger partial charge in [0.1, 0.15) is 0 Å². The number of nitrogens with one attached hydrogen (secondary N) is 1. The Labute approximate surface area is 66.2 Å². The fourth-order valence-electron chi connectivity index (χ4n) is 1.41. The maximum atomic E-state index is 12.6. The van der Waals surface area contributed by atoms with Crippen LogP contribution >= 0.6 is 0 Å². The summed E-state index contributed by atoms with van der Waals surface area (Å²) in [6.07, 6.45) is 0.646. The van der Waals surface area contributed by atoms with Crippen molar-refractivity contribution in [3.8, 4) is 0 Å². The van der Waals surface area contributed by atoms with Crippen molar-refractivity contribution in [1.82, 2.24) is 5.32 Å². The van der Waals surface area contributed by atoms with Gasteiger partial charge in [-0.3, -0.25) is 0 Å². The zero-order chi connectivity index (χ0) is 8.48. The van der Waals surface area contributed by atoms with Gasteiger partial charge < -0.3 is 5.32 Å². The fraction of sp³-hybridized carbons (Fsp3) is 1.00. The lowest BCUT2D eigenvalue weighted by Crippen LogP contribution is -2.47. The third-order valence-corrected chi connectivity index (χ3v) is 2.25. The van der Waals surface area contributed by atoms with Crippen LogP contribution in [0.4, 0.5) is 8.78 Å². The van der Waals surface area contributed by atoms with E-state index >= 15 is 0 Å². The van der Waals surface area contributed by atoms with Crippen molar-refractivity contribution in [2.45, 2.75) is 38.7 Å². The number of rotatable bonds is 1. The SMILES string of the molecule is CC(C)C1CCC(F)(F)CN1. The summed E-state index contributed by atoms with van der Waals surface area (Å²) in [6, 6.07) is 0.287. The molecule has 0 aliphatic carbocycles. The number of hydrogen-bond donors (Lipinski definition) is 1. The van der Waals surface area contributed by atoms with E-state index in [2.05, 4.69) is 19.2 Å². The van der Waals surface area contributed by atoms with Crippen LogP contribution in [0.15, 0.2) is 0 Å². The van der Waals surface area contributed by atoms with Crippen LogP contribution in [0.25, 0.3) is 0 Å². The molecule has 3 heteroatoms. The average Bonchev–Trinajstić information content (AvgIpc) is 1.86. The number of alkyl halides is 2. The topological polar surface area (TPSA) is 12.0 Å². The van der Waals surface area contributed by atoms with E-state index in [0.717, 1.165) is 0 Å². The first kappa shape index (κ1) is 8.91. The highest BCUT2D eigenvalue weighted by Gasteiger charge is 2.35. The first-order chi connectivity index (χ1) is 5.01. The second-order valence-corrected chi connectivity index (χ2v) is 3.63. The summed E-state index contributed by atoms with van der Waals surface area (Å²) in [6.45, 7) is 3.97. The Bertz CT molecular complexity index is 124. The smallest absolute Gasteiger partial charge is 0.260 e. The molecule has 1 aliphatic heterocycles. The molecular weight excluding hydrogens is 148 g/mol. The Morgan fingerprint density at radius 2 is 2.09 bits per heavy atom. The summed E-state index contributed by atoms with van der Waals surface area (Å²) < 4.78 is 25.2. The minimum absolute atomic E-state index is 0.0445. The van der Waals surface area contributed by atoms with Gasteiger partial charge in [-0.2, -0.15) is 0 Å². The van der Waals surface area contributed by atoms with Gasteiger partial charge in [-0.15, -0.1) is 0 Å². The van der Waals surface area contributed by atoms with E-state index in [4.69, 9.17) is 0 Å². The Kier molecular flexibility index (Phi) is 2.47. The van der Waals surface area contributed by atoms with E-state index in [-0.39, 0.29) is 19.0 Å². The molecule has 1 saturated heterocycles. The molecule has 1 nitrogen and oxygen atoms in total. The van der Waals surface area contributed by atoms with Crippen LogP contribution in [0.3, 0.4) is 0 Å². The highest BCUT2D eigenvalue weighted by Crippen LogP contribution is 2.26. The third kappa shape index (κ3) is 2.40. The normalized spacial score (nSPS) is 30.8. The van der Waals surface area contributed by atoms with Gasteiger partial charge in [0.25, 0.3) is 5.92 Å². The minimum Gasteiger partial charge on any atom is -0.308 e. The Morgan fingerprint density at radius 1 is 1.45 bits per heavy atom. The van der Waals surface area contributed by atoms with Crippen LogP contribution in [-0.4, -0.2) is 18.5 Å². The summed E-state index contributed by atoms with van der Waals surface area (Å²) >= 11 is 0. The summed E-state index contributed by atoms with van der Waals surface area (Å²) in [5.74, 6) is -2.00. The second-order valence-electron chi connectivity index (χ2n) is 3.63. The lowest BCUT2D eigenvalue weighted by atomic mass is 9.93. The zero-order valence-corrected chi connectivity index (χ0v) is 7.03. The number of hydrogen-bond acceptors (Lipinski definition) is 1. The Hall–Kier alpha value is -0.180. The van der Waals surface area contributed by atoms with Crippen molar-refractivity contribution in [2.75, 3.05) is 6.54 Å². The summed E-state index contributed by atoms with van der Waals surface area (Å²) in [5, 5.41) is 2.86. The number of piperidine rings is 1. The molecule has 0 aromatic rings. The largest absolute Gasteiger partial charge is 0.308 e. The van der Waals surface area contributed by atoms with E-state index in [1.807, 2.05) is 0 Å². The lowest BCUT2D eigenvalue weighted by Gasteiger charge is -2.31. The van der Waals surface area contributed by atoms with Gasteiger partial charge in [-0.25, -0.2) is 8.78 Å².